The number of nitrogen functional groups attached to an aromatic ring is 1. The molecule has 2 aromatic rings. The lowest BCUT2D eigenvalue weighted by Crippen LogP contribution is -2.57. The molecule has 1 aliphatic rings. The highest BCUT2D eigenvalue weighted by atomic mass is 35.5. The molecule has 1 aliphatic heterocycles. The number of rotatable bonds is 3. The Morgan fingerprint density at radius 3 is 2.86 bits per heavy atom. The van der Waals surface area contributed by atoms with Crippen LogP contribution in [0.3, 0.4) is 0 Å². The van der Waals surface area contributed by atoms with Crippen LogP contribution in [0.25, 0.3) is 11.1 Å². The number of hydrogen-bond acceptors (Lipinski definition) is 4. The van der Waals surface area contributed by atoms with Crippen molar-refractivity contribution in [3.8, 4) is 0 Å². The monoisotopic (exact) mass is 307 g/mol. The molecule has 0 radical (unpaired) electrons. The Morgan fingerprint density at radius 1 is 1.48 bits per heavy atom. The van der Waals surface area contributed by atoms with E-state index in [2.05, 4.69) is 23.5 Å². The Hall–Kier alpha value is -1.72. The molecule has 112 valence electrons. The molecule has 0 amide bonds. The second-order valence-electron chi connectivity index (χ2n) is 5.86. The molecule has 0 unspecified atom stereocenters. The molecular formula is C15H20ClN4O+. The summed E-state index contributed by atoms with van der Waals surface area (Å²) < 4.78 is 6.83. The van der Waals surface area contributed by atoms with Gasteiger partial charge in [-0.25, -0.2) is 0 Å². The molecule has 0 saturated carbocycles. The first-order chi connectivity index (χ1) is 10.0. The summed E-state index contributed by atoms with van der Waals surface area (Å²) in [5.41, 5.74) is 7.74. The quantitative estimate of drug-likeness (QED) is 0.538. The third-order valence-corrected chi connectivity index (χ3v) is 4.48. The Labute approximate surface area is 129 Å². The normalized spacial score (nSPS) is 18.1. The van der Waals surface area contributed by atoms with Crippen LogP contribution in [0.4, 0.5) is 11.7 Å². The van der Waals surface area contributed by atoms with Crippen molar-refractivity contribution in [1.29, 1.82) is 0 Å². The average molecular weight is 308 g/mol. The molecule has 1 aromatic heterocycles. The Bertz CT molecular complexity index is 635. The summed E-state index contributed by atoms with van der Waals surface area (Å²) in [6, 6.07) is 4.13. The molecule has 6 heteroatoms. The summed E-state index contributed by atoms with van der Waals surface area (Å²) >= 11 is 6.02. The third-order valence-electron chi connectivity index (χ3n) is 4.16. The van der Waals surface area contributed by atoms with Gasteiger partial charge in [-0.1, -0.05) is 18.2 Å². The molecule has 3 rings (SSSR count). The van der Waals surface area contributed by atoms with E-state index in [1.807, 2.05) is 6.08 Å². The highest BCUT2D eigenvalue weighted by Gasteiger charge is 2.29. The largest absolute Gasteiger partial charge is 0.423 e. The summed E-state index contributed by atoms with van der Waals surface area (Å²) in [5.74, 6) is 0. The first-order valence-electron chi connectivity index (χ1n) is 7.06. The number of nitrogens with zero attached hydrogens (tertiary/aromatic N) is 3. The lowest BCUT2D eigenvalue weighted by atomic mass is 10.2. The standard InChI is InChI=1S/C15H20ClN4O/c1-3-6-20(2)7-4-19(5-8-20)15-18-13-9-11(16)12(17)10-14(13)21-15/h3,9-10H,1,4-8,17H2,2H3/q+1. The van der Waals surface area contributed by atoms with Crippen molar-refractivity contribution in [3.05, 3.63) is 29.8 Å². The van der Waals surface area contributed by atoms with Crippen LogP contribution in [0.2, 0.25) is 5.02 Å². The van der Waals surface area contributed by atoms with Gasteiger partial charge < -0.3 is 19.5 Å². The average Bonchev–Trinajstić information content (AvgIpc) is 2.83. The van der Waals surface area contributed by atoms with Crippen LogP contribution in [-0.2, 0) is 0 Å². The minimum absolute atomic E-state index is 0.510. The fourth-order valence-corrected chi connectivity index (χ4v) is 2.88. The number of benzene rings is 1. The number of hydrogen-bond donors (Lipinski definition) is 1. The first kappa shape index (κ1) is 14.2. The van der Waals surface area contributed by atoms with Gasteiger partial charge in [0, 0.05) is 6.07 Å². The van der Waals surface area contributed by atoms with Crippen LogP contribution < -0.4 is 10.6 Å². The molecule has 1 saturated heterocycles. The Kier molecular flexibility index (Phi) is 3.55. The van der Waals surface area contributed by atoms with Crippen LogP contribution in [-0.4, -0.2) is 49.2 Å². The van der Waals surface area contributed by atoms with Gasteiger partial charge in [-0.2, -0.15) is 4.98 Å². The Morgan fingerprint density at radius 2 is 2.19 bits per heavy atom. The summed E-state index contributed by atoms with van der Waals surface area (Å²) in [7, 11) is 2.26. The highest BCUT2D eigenvalue weighted by molar-refractivity contribution is 6.33. The maximum atomic E-state index is 6.02. The topological polar surface area (TPSA) is 55.3 Å². The fourth-order valence-electron chi connectivity index (χ4n) is 2.72. The molecular weight excluding hydrogens is 288 g/mol. The minimum Gasteiger partial charge on any atom is -0.423 e. The van der Waals surface area contributed by atoms with Crippen molar-refractivity contribution in [2.24, 2.45) is 0 Å². The molecule has 0 bridgehead atoms. The van der Waals surface area contributed by atoms with Gasteiger partial charge in [0.25, 0.3) is 6.01 Å². The zero-order valence-electron chi connectivity index (χ0n) is 12.2. The molecule has 2 heterocycles. The van der Waals surface area contributed by atoms with E-state index in [0.717, 1.165) is 42.7 Å². The number of anilines is 2. The predicted octanol–water partition coefficient (Wildman–Crippen LogP) is 2.52. The second-order valence-corrected chi connectivity index (χ2v) is 6.27. The second kappa shape index (κ2) is 5.24. The molecule has 0 aliphatic carbocycles. The molecule has 0 atom stereocenters. The predicted molar refractivity (Wildman–Crippen MR) is 86.6 cm³/mol. The minimum atomic E-state index is 0.510. The summed E-state index contributed by atoms with van der Waals surface area (Å²) in [6.07, 6.45) is 1.99. The van der Waals surface area contributed by atoms with Crippen LogP contribution in [0.1, 0.15) is 0 Å². The van der Waals surface area contributed by atoms with Crippen molar-refractivity contribution >= 4 is 34.4 Å². The van der Waals surface area contributed by atoms with Gasteiger partial charge in [-0.15, -0.1) is 0 Å². The van der Waals surface area contributed by atoms with Crippen LogP contribution in [0, 0.1) is 0 Å². The smallest absolute Gasteiger partial charge is 0.298 e. The van der Waals surface area contributed by atoms with E-state index in [1.54, 1.807) is 12.1 Å². The number of quaternary nitrogens is 1. The van der Waals surface area contributed by atoms with Crippen molar-refractivity contribution < 1.29 is 8.90 Å². The number of oxazole rings is 1. The van der Waals surface area contributed by atoms with Gasteiger partial charge in [0.2, 0.25) is 0 Å². The van der Waals surface area contributed by atoms with Gasteiger partial charge in [-0.05, 0) is 12.1 Å². The van der Waals surface area contributed by atoms with Gasteiger partial charge in [0.1, 0.15) is 5.52 Å². The maximum Gasteiger partial charge on any atom is 0.298 e. The van der Waals surface area contributed by atoms with E-state index in [9.17, 15) is 0 Å². The summed E-state index contributed by atoms with van der Waals surface area (Å²) in [4.78, 5) is 6.70. The summed E-state index contributed by atoms with van der Waals surface area (Å²) in [5, 5.41) is 0.510. The van der Waals surface area contributed by atoms with Gasteiger partial charge >= 0.3 is 0 Å². The third kappa shape index (κ3) is 2.71. The van der Waals surface area contributed by atoms with Crippen molar-refractivity contribution in [2.45, 2.75) is 0 Å². The zero-order valence-corrected chi connectivity index (χ0v) is 12.9. The Balaban J connectivity index is 1.81. The number of piperazine rings is 1. The molecule has 0 spiro atoms. The highest BCUT2D eigenvalue weighted by Crippen LogP contribution is 2.29. The van der Waals surface area contributed by atoms with Crippen LogP contribution in [0.15, 0.2) is 29.2 Å². The zero-order chi connectivity index (χ0) is 15.0. The molecule has 2 N–H and O–H groups in total. The fraction of sp³-hybridized carbons (Fsp3) is 0.400. The van der Waals surface area contributed by atoms with Gasteiger partial charge in [0.05, 0.1) is 50.5 Å². The first-order valence-corrected chi connectivity index (χ1v) is 7.43. The lowest BCUT2D eigenvalue weighted by molar-refractivity contribution is -0.904. The van der Waals surface area contributed by atoms with Crippen molar-refractivity contribution in [3.63, 3.8) is 0 Å². The number of likely N-dealkylation sites (N-methyl/N-ethyl adjacent to an activating group) is 1. The van der Waals surface area contributed by atoms with Gasteiger partial charge in [0.15, 0.2) is 5.58 Å². The van der Waals surface area contributed by atoms with E-state index in [1.165, 1.54) is 0 Å². The number of aromatic nitrogens is 1. The number of fused-ring (bicyclic) bond motifs is 1. The van der Waals surface area contributed by atoms with Crippen LogP contribution >= 0.6 is 11.6 Å². The van der Waals surface area contributed by atoms with Crippen LogP contribution in [0.5, 0.6) is 0 Å². The molecule has 1 fully saturated rings. The molecule has 21 heavy (non-hydrogen) atoms. The van der Waals surface area contributed by atoms with E-state index >= 15 is 0 Å². The van der Waals surface area contributed by atoms with Crippen molar-refractivity contribution in [1.82, 2.24) is 4.98 Å². The number of nitrogens with two attached hydrogens (primary N) is 1. The SMILES string of the molecule is C=CC[N+]1(C)CCN(c2nc3cc(Cl)c(N)cc3o2)CC1. The summed E-state index contributed by atoms with van der Waals surface area (Å²) in [6.45, 7) is 8.76. The van der Waals surface area contributed by atoms with Gasteiger partial charge in [-0.3, -0.25) is 0 Å². The van der Waals surface area contributed by atoms with E-state index in [-0.39, 0.29) is 0 Å². The van der Waals surface area contributed by atoms with Crippen molar-refractivity contribution in [2.75, 3.05) is 50.4 Å². The van der Waals surface area contributed by atoms with E-state index in [0.29, 0.717) is 22.3 Å². The molecule has 5 nitrogen and oxygen atoms in total. The lowest BCUT2D eigenvalue weighted by Gasteiger charge is -2.40. The maximum absolute atomic E-state index is 6.02. The molecule has 1 aromatic carbocycles. The van der Waals surface area contributed by atoms with E-state index in [4.69, 9.17) is 21.8 Å². The number of halogens is 1. The van der Waals surface area contributed by atoms with E-state index < -0.39 is 0 Å².